The largest absolute Gasteiger partial charge is 0.367 e. The van der Waals surface area contributed by atoms with Crippen LogP contribution in [-0.2, 0) is 4.79 Å². The summed E-state index contributed by atoms with van der Waals surface area (Å²) < 4.78 is 1.87. The topological polar surface area (TPSA) is 95.3 Å². The van der Waals surface area contributed by atoms with Crippen LogP contribution >= 0.6 is 0 Å². The molecule has 5 rings (SSSR count). The van der Waals surface area contributed by atoms with Crippen LogP contribution in [0.4, 0.5) is 5.82 Å². The highest BCUT2D eigenvalue weighted by Crippen LogP contribution is 2.30. The van der Waals surface area contributed by atoms with Gasteiger partial charge in [-0.1, -0.05) is 24.3 Å². The van der Waals surface area contributed by atoms with Crippen LogP contribution in [0.1, 0.15) is 18.4 Å². The van der Waals surface area contributed by atoms with Crippen molar-refractivity contribution in [2.24, 2.45) is 0 Å². The number of amides is 1. The van der Waals surface area contributed by atoms with E-state index >= 15 is 0 Å². The number of nitrogens with zero attached hydrogens (tertiary/aromatic N) is 4. The number of rotatable bonds is 7. The first kappa shape index (κ1) is 21.1. The summed E-state index contributed by atoms with van der Waals surface area (Å²) in [5.74, 6) is 0.196. The molecular formula is C25H26N6O2. The first-order chi connectivity index (χ1) is 16.2. The van der Waals surface area contributed by atoms with Crippen molar-refractivity contribution in [2.45, 2.75) is 12.8 Å². The molecule has 8 nitrogen and oxygen atoms in total. The maximum absolute atomic E-state index is 11.4. The van der Waals surface area contributed by atoms with Gasteiger partial charge in [0.25, 0.3) is 5.91 Å². The van der Waals surface area contributed by atoms with Crippen molar-refractivity contribution in [2.75, 3.05) is 31.5 Å². The summed E-state index contributed by atoms with van der Waals surface area (Å²) in [4.78, 5) is 18.7. The number of benzene rings is 2. The second-order valence-corrected chi connectivity index (χ2v) is 8.19. The Morgan fingerprint density at radius 3 is 2.70 bits per heavy atom. The smallest absolute Gasteiger partial charge is 0.267 e. The third-order valence-corrected chi connectivity index (χ3v) is 5.96. The Morgan fingerprint density at radius 2 is 1.91 bits per heavy atom. The van der Waals surface area contributed by atoms with E-state index in [9.17, 15) is 4.79 Å². The number of pyridine rings is 1. The normalized spacial score (nSPS) is 14.5. The molecular weight excluding hydrogens is 416 g/mol. The van der Waals surface area contributed by atoms with Crippen molar-refractivity contribution < 1.29 is 10.0 Å². The summed E-state index contributed by atoms with van der Waals surface area (Å²) >= 11 is 0. The van der Waals surface area contributed by atoms with Gasteiger partial charge in [0.2, 0.25) is 0 Å². The van der Waals surface area contributed by atoms with Crippen LogP contribution in [0.25, 0.3) is 33.6 Å². The first-order valence-electron chi connectivity index (χ1n) is 11.2. The van der Waals surface area contributed by atoms with Gasteiger partial charge in [0.1, 0.15) is 5.52 Å². The highest BCUT2D eigenvalue weighted by Gasteiger charge is 2.15. The number of nitrogens with one attached hydrogen (secondary N) is 2. The third kappa shape index (κ3) is 4.57. The molecule has 1 saturated heterocycles. The molecule has 2 aromatic carbocycles. The van der Waals surface area contributed by atoms with Gasteiger partial charge >= 0.3 is 0 Å². The Kier molecular flexibility index (Phi) is 6.01. The second kappa shape index (κ2) is 9.40. The summed E-state index contributed by atoms with van der Waals surface area (Å²) in [6.45, 7) is 4.12. The second-order valence-electron chi connectivity index (χ2n) is 8.19. The van der Waals surface area contributed by atoms with E-state index in [1.807, 2.05) is 59.4 Å². The molecule has 3 N–H and O–H groups in total. The highest BCUT2D eigenvalue weighted by molar-refractivity contribution is 6.09. The molecule has 33 heavy (non-hydrogen) atoms. The summed E-state index contributed by atoms with van der Waals surface area (Å²) in [6.07, 6.45) is 7.51. The Labute approximate surface area is 191 Å². The van der Waals surface area contributed by atoms with Gasteiger partial charge in [0.05, 0.1) is 11.2 Å². The summed E-state index contributed by atoms with van der Waals surface area (Å²) in [5.41, 5.74) is 5.07. The lowest BCUT2D eigenvalue weighted by atomic mass is 10.1. The molecule has 8 heteroatoms. The molecule has 0 saturated carbocycles. The molecule has 1 amide bonds. The predicted octanol–water partition coefficient (Wildman–Crippen LogP) is 3.60. The van der Waals surface area contributed by atoms with Gasteiger partial charge in [-0.3, -0.25) is 10.0 Å². The molecule has 1 aliphatic rings. The molecule has 0 unspecified atom stereocenters. The predicted molar refractivity (Wildman–Crippen MR) is 129 cm³/mol. The van der Waals surface area contributed by atoms with E-state index in [0.717, 1.165) is 65.1 Å². The molecule has 0 aliphatic carbocycles. The van der Waals surface area contributed by atoms with Crippen molar-refractivity contribution in [3.8, 4) is 5.69 Å². The van der Waals surface area contributed by atoms with Crippen molar-refractivity contribution in [3.63, 3.8) is 0 Å². The average molecular weight is 443 g/mol. The zero-order chi connectivity index (χ0) is 22.6. The van der Waals surface area contributed by atoms with E-state index in [1.54, 1.807) is 11.6 Å². The Balaban J connectivity index is 1.55. The Morgan fingerprint density at radius 1 is 1.09 bits per heavy atom. The molecule has 0 atom stereocenters. The molecule has 1 aliphatic heterocycles. The van der Waals surface area contributed by atoms with Gasteiger partial charge in [-0.25, -0.2) is 15.1 Å². The third-order valence-electron chi connectivity index (χ3n) is 5.96. The highest BCUT2D eigenvalue weighted by atomic mass is 16.5. The maximum atomic E-state index is 11.4. The number of hydrogen-bond acceptors (Lipinski definition) is 6. The summed E-state index contributed by atoms with van der Waals surface area (Å²) in [7, 11) is 0. The molecule has 0 bridgehead atoms. The number of hydroxylamine groups is 1. The fourth-order valence-corrected chi connectivity index (χ4v) is 4.27. The van der Waals surface area contributed by atoms with Crippen molar-refractivity contribution in [3.05, 3.63) is 66.4 Å². The first-order valence-corrected chi connectivity index (χ1v) is 11.2. The molecule has 1 fully saturated rings. The quantitative estimate of drug-likeness (QED) is 0.230. The number of carbonyl (C=O) groups is 1. The minimum absolute atomic E-state index is 0.576. The zero-order valence-electron chi connectivity index (χ0n) is 18.2. The number of carbonyl (C=O) groups excluding carboxylic acids is 1. The number of hydrogen-bond donors (Lipinski definition) is 3. The van der Waals surface area contributed by atoms with Crippen LogP contribution in [-0.4, -0.2) is 57.0 Å². The zero-order valence-corrected chi connectivity index (χ0v) is 18.2. The lowest BCUT2D eigenvalue weighted by Crippen LogP contribution is -2.26. The lowest BCUT2D eigenvalue weighted by Gasteiger charge is -2.15. The van der Waals surface area contributed by atoms with E-state index in [4.69, 9.17) is 15.3 Å². The van der Waals surface area contributed by atoms with Crippen LogP contribution in [0.5, 0.6) is 0 Å². The van der Waals surface area contributed by atoms with Crippen molar-refractivity contribution in [1.82, 2.24) is 25.1 Å². The van der Waals surface area contributed by atoms with E-state index in [0.29, 0.717) is 0 Å². The van der Waals surface area contributed by atoms with Crippen LogP contribution in [0.3, 0.4) is 0 Å². The minimum Gasteiger partial charge on any atom is -0.367 e. The van der Waals surface area contributed by atoms with Crippen LogP contribution in [0, 0.1) is 0 Å². The standard InChI is InChI=1S/C25H26N6O2/c32-23(29-33)11-9-18-8-10-22-20(16-18)21-17-31(19-6-2-1-3-7-19)28-24(21)25(27-22)26-12-15-30-13-4-5-14-30/h1-3,6-11,16-17,33H,4-5,12-15H2,(H,26,27)(H,29,32)/b11-9+. The molecule has 0 spiro atoms. The average Bonchev–Trinajstić information content (AvgIpc) is 3.54. The van der Waals surface area contributed by atoms with Crippen LogP contribution < -0.4 is 10.8 Å². The van der Waals surface area contributed by atoms with Gasteiger partial charge in [0.15, 0.2) is 5.82 Å². The van der Waals surface area contributed by atoms with Crippen molar-refractivity contribution in [1.29, 1.82) is 0 Å². The number of fused-ring (bicyclic) bond motifs is 3. The van der Waals surface area contributed by atoms with Gasteiger partial charge in [-0.05, 0) is 61.8 Å². The molecule has 2 aromatic heterocycles. The van der Waals surface area contributed by atoms with E-state index in [2.05, 4.69) is 10.2 Å². The van der Waals surface area contributed by atoms with Gasteiger partial charge in [-0.15, -0.1) is 0 Å². The Hall–Kier alpha value is -3.75. The van der Waals surface area contributed by atoms with E-state index in [-0.39, 0.29) is 0 Å². The molecule has 4 aromatic rings. The van der Waals surface area contributed by atoms with Crippen LogP contribution in [0.15, 0.2) is 60.8 Å². The monoisotopic (exact) mass is 442 g/mol. The fraction of sp³-hybridized carbons (Fsp3) is 0.240. The fourth-order valence-electron chi connectivity index (χ4n) is 4.27. The number of aromatic nitrogens is 3. The SMILES string of the molecule is O=C(/C=C/c1ccc2nc(NCCN3CCCC3)c3nn(-c4ccccc4)cc3c2c1)NO. The molecule has 0 radical (unpaired) electrons. The van der Waals surface area contributed by atoms with Gasteiger partial charge in [-0.2, -0.15) is 5.10 Å². The Bertz CT molecular complexity index is 1310. The van der Waals surface area contributed by atoms with Gasteiger partial charge < -0.3 is 10.2 Å². The number of likely N-dealkylation sites (tertiary alicyclic amines) is 1. The number of para-hydroxylation sites is 1. The van der Waals surface area contributed by atoms with Crippen molar-refractivity contribution >= 4 is 39.6 Å². The minimum atomic E-state index is -0.576. The van der Waals surface area contributed by atoms with E-state index in [1.165, 1.54) is 18.9 Å². The number of anilines is 1. The summed E-state index contributed by atoms with van der Waals surface area (Å²) in [6, 6.07) is 15.8. The molecule has 3 heterocycles. The lowest BCUT2D eigenvalue weighted by molar-refractivity contribution is -0.124. The summed E-state index contributed by atoms with van der Waals surface area (Å²) in [5, 5.41) is 19.0. The van der Waals surface area contributed by atoms with Gasteiger partial charge in [0, 0.05) is 36.1 Å². The van der Waals surface area contributed by atoms with Crippen LogP contribution in [0.2, 0.25) is 0 Å². The van der Waals surface area contributed by atoms with E-state index < -0.39 is 5.91 Å². The maximum Gasteiger partial charge on any atom is 0.267 e. The molecule has 168 valence electrons.